The molecular formula is C21H21ClN4O2S. The highest BCUT2D eigenvalue weighted by Gasteiger charge is 2.28. The number of amides is 2. The number of rotatable bonds is 4. The van der Waals surface area contributed by atoms with Crippen LogP contribution in [-0.2, 0) is 4.79 Å². The number of benzene rings is 1. The molecule has 1 N–H and O–H groups in total. The minimum absolute atomic E-state index is 0.0450. The second kappa shape index (κ2) is 8.39. The molecule has 1 saturated heterocycles. The first-order chi connectivity index (χ1) is 14.0. The molecular weight excluding hydrogens is 408 g/mol. The molecule has 6 nitrogen and oxygen atoms in total. The van der Waals surface area contributed by atoms with Gasteiger partial charge in [0, 0.05) is 30.1 Å². The highest BCUT2D eigenvalue weighted by atomic mass is 35.5. The first-order valence-corrected chi connectivity index (χ1v) is 10.7. The summed E-state index contributed by atoms with van der Waals surface area (Å²) in [5.74, 6) is 0.488. The number of piperidine rings is 1. The summed E-state index contributed by atoms with van der Waals surface area (Å²) >= 11 is 7.54. The van der Waals surface area contributed by atoms with Crippen molar-refractivity contribution in [3.8, 4) is 5.69 Å². The van der Waals surface area contributed by atoms with Crippen molar-refractivity contribution in [2.24, 2.45) is 5.92 Å². The Kier molecular flexibility index (Phi) is 5.69. The lowest BCUT2D eigenvalue weighted by Gasteiger charge is -2.31. The van der Waals surface area contributed by atoms with Gasteiger partial charge in [-0.3, -0.25) is 9.59 Å². The fourth-order valence-electron chi connectivity index (χ4n) is 3.52. The van der Waals surface area contributed by atoms with Crippen molar-refractivity contribution in [1.82, 2.24) is 14.7 Å². The lowest BCUT2D eigenvalue weighted by molar-refractivity contribution is -0.121. The van der Waals surface area contributed by atoms with Gasteiger partial charge in [-0.1, -0.05) is 23.7 Å². The van der Waals surface area contributed by atoms with Crippen LogP contribution in [0.4, 0.5) is 5.82 Å². The van der Waals surface area contributed by atoms with Crippen molar-refractivity contribution in [3.63, 3.8) is 0 Å². The predicted octanol–water partition coefficient (Wildman–Crippen LogP) is 4.39. The molecule has 4 rings (SSSR count). The average Bonchev–Trinajstić information content (AvgIpc) is 3.37. The van der Waals surface area contributed by atoms with Crippen molar-refractivity contribution in [2.45, 2.75) is 19.8 Å². The summed E-state index contributed by atoms with van der Waals surface area (Å²) in [6, 6.07) is 12.9. The first-order valence-electron chi connectivity index (χ1n) is 9.47. The van der Waals surface area contributed by atoms with Gasteiger partial charge >= 0.3 is 0 Å². The second-order valence-electron chi connectivity index (χ2n) is 7.10. The number of halogens is 1. The Morgan fingerprint density at radius 2 is 1.97 bits per heavy atom. The molecule has 29 heavy (non-hydrogen) atoms. The number of thiophene rings is 1. The maximum atomic E-state index is 12.9. The van der Waals surface area contributed by atoms with E-state index in [2.05, 4.69) is 10.4 Å². The fraction of sp³-hybridized carbons (Fsp3) is 0.286. The lowest BCUT2D eigenvalue weighted by atomic mass is 9.96. The second-order valence-corrected chi connectivity index (χ2v) is 8.48. The largest absolute Gasteiger partial charge is 0.338 e. The van der Waals surface area contributed by atoms with E-state index < -0.39 is 0 Å². The van der Waals surface area contributed by atoms with Gasteiger partial charge in [0.25, 0.3) is 5.91 Å². The third kappa shape index (κ3) is 4.36. The fourth-order valence-corrected chi connectivity index (χ4v) is 4.40. The van der Waals surface area contributed by atoms with Crippen molar-refractivity contribution in [1.29, 1.82) is 0 Å². The first kappa shape index (κ1) is 19.7. The van der Waals surface area contributed by atoms with Crippen molar-refractivity contribution >= 4 is 40.6 Å². The molecule has 1 aromatic carbocycles. The molecule has 0 unspecified atom stereocenters. The summed E-state index contributed by atoms with van der Waals surface area (Å²) in [4.78, 5) is 27.9. The SMILES string of the molecule is Cc1cc(NC(=O)C2CCN(C(=O)c3cccs3)CC2)n(-c2cccc(Cl)c2)n1. The number of likely N-dealkylation sites (tertiary alicyclic amines) is 1. The smallest absolute Gasteiger partial charge is 0.263 e. The van der Waals surface area contributed by atoms with Crippen LogP contribution in [0.1, 0.15) is 28.2 Å². The van der Waals surface area contributed by atoms with E-state index >= 15 is 0 Å². The normalized spacial score (nSPS) is 14.8. The molecule has 8 heteroatoms. The van der Waals surface area contributed by atoms with E-state index in [1.165, 1.54) is 11.3 Å². The van der Waals surface area contributed by atoms with Crippen LogP contribution in [0.3, 0.4) is 0 Å². The zero-order chi connectivity index (χ0) is 20.4. The van der Waals surface area contributed by atoms with Crippen LogP contribution in [0.25, 0.3) is 5.69 Å². The van der Waals surface area contributed by atoms with E-state index in [1.54, 1.807) is 16.8 Å². The summed E-state index contributed by atoms with van der Waals surface area (Å²) in [6.45, 7) is 3.05. The predicted molar refractivity (Wildman–Crippen MR) is 115 cm³/mol. The van der Waals surface area contributed by atoms with Crippen LogP contribution in [0.5, 0.6) is 0 Å². The highest BCUT2D eigenvalue weighted by molar-refractivity contribution is 7.12. The molecule has 3 heterocycles. The Bertz CT molecular complexity index is 1020. The maximum absolute atomic E-state index is 12.9. The molecule has 150 valence electrons. The van der Waals surface area contributed by atoms with Crippen molar-refractivity contribution in [2.75, 3.05) is 18.4 Å². The Balaban J connectivity index is 1.41. The van der Waals surface area contributed by atoms with E-state index in [9.17, 15) is 9.59 Å². The van der Waals surface area contributed by atoms with E-state index in [4.69, 9.17) is 11.6 Å². The van der Waals surface area contributed by atoms with Gasteiger partial charge in [0.2, 0.25) is 5.91 Å². The van der Waals surface area contributed by atoms with Crippen LogP contribution in [0.15, 0.2) is 47.8 Å². The molecule has 0 bridgehead atoms. The molecule has 2 amide bonds. The van der Waals surface area contributed by atoms with Gasteiger partial charge in [0.05, 0.1) is 16.3 Å². The van der Waals surface area contributed by atoms with E-state index in [-0.39, 0.29) is 17.7 Å². The van der Waals surface area contributed by atoms with Crippen molar-refractivity contribution in [3.05, 3.63) is 63.4 Å². The van der Waals surface area contributed by atoms with Gasteiger partial charge in [0.15, 0.2) is 0 Å². The van der Waals surface area contributed by atoms with Crippen LogP contribution in [0.2, 0.25) is 5.02 Å². The third-order valence-corrected chi connectivity index (χ3v) is 6.11. The summed E-state index contributed by atoms with van der Waals surface area (Å²) in [5, 5.41) is 9.99. The van der Waals surface area contributed by atoms with E-state index in [0.717, 1.165) is 16.3 Å². The number of nitrogens with zero attached hydrogens (tertiary/aromatic N) is 3. The molecule has 0 spiro atoms. The monoisotopic (exact) mass is 428 g/mol. The Morgan fingerprint density at radius 1 is 1.17 bits per heavy atom. The molecule has 1 aliphatic rings. The van der Waals surface area contributed by atoms with E-state index in [1.807, 2.05) is 47.5 Å². The average molecular weight is 429 g/mol. The number of nitrogens with one attached hydrogen (secondary N) is 1. The Hall–Kier alpha value is -2.64. The molecule has 1 fully saturated rings. The van der Waals surface area contributed by atoms with Crippen LogP contribution < -0.4 is 5.32 Å². The van der Waals surface area contributed by atoms with Crippen molar-refractivity contribution < 1.29 is 9.59 Å². The third-order valence-electron chi connectivity index (χ3n) is 5.02. The number of hydrogen-bond acceptors (Lipinski definition) is 4. The van der Waals surface area contributed by atoms with Gasteiger partial charge in [-0.05, 0) is 49.4 Å². The molecule has 2 aromatic heterocycles. The molecule has 3 aromatic rings. The van der Waals surface area contributed by atoms with E-state index in [0.29, 0.717) is 36.8 Å². The van der Waals surface area contributed by atoms with Gasteiger partial charge in [0.1, 0.15) is 5.82 Å². The molecule has 0 radical (unpaired) electrons. The number of carbonyl (C=O) groups excluding carboxylic acids is 2. The molecule has 0 aliphatic carbocycles. The number of carbonyl (C=O) groups is 2. The zero-order valence-electron chi connectivity index (χ0n) is 16.0. The number of anilines is 1. The topological polar surface area (TPSA) is 67.2 Å². The maximum Gasteiger partial charge on any atom is 0.263 e. The Labute approximate surface area is 178 Å². The zero-order valence-corrected chi connectivity index (χ0v) is 17.5. The highest BCUT2D eigenvalue weighted by Crippen LogP contribution is 2.24. The van der Waals surface area contributed by atoms with Gasteiger partial charge in [-0.25, -0.2) is 4.68 Å². The molecule has 1 aliphatic heterocycles. The minimum Gasteiger partial charge on any atom is -0.338 e. The summed E-state index contributed by atoms with van der Waals surface area (Å²) in [6.07, 6.45) is 1.29. The molecule has 0 atom stereocenters. The molecule has 0 saturated carbocycles. The lowest BCUT2D eigenvalue weighted by Crippen LogP contribution is -2.41. The number of aromatic nitrogens is 2. The Morgan fingerprint density at radius 3 is 2.66 bits per heavy atom. The van der Waals surface area contributed by atoms with Gasteiger partial charge in [-0.15, -0.1) is 11.3 Å². The van der Waals surface area contributed by atoms with Gasteiger partial charge < -0.3 is 10.2 Å². The quantitative estimate of drug-likeness (QED) is 0.670. The summed E-state index contributed by atoms with van der Waals surface area (Å²) in [5.41, 5.74) is 1.59. The van der Waals surface area contributed by atoms with Crippen LogP contribution >= 0.6 is 22.9 Å². The standard InChI is InChI=1S/C21H21ClN4O2S/c1-14-12-19(26(24-14)17-5-2-4-16(22)13-17)23-20(27)15-7-9-25(10-8-15)21(28)18-6-3-11-29-18/h2-6,11-13,15H,7-10H2,1H3,(H,23,27). The summed E-state index contributed by atoms with van der Waals surface area (Å²) < 4.78 is 1.69. The minimum atomic E-state index is -0.134. The number of aryl methyl sites for hydroxylation is 1. The van der Waals surface area contributed by atoms with Crippen LogP contribution in [-0.4, -0.2) is 39.6 Å². The summed E-state index contributed by atoms with van der Waals surface area (Å²) in [7, 11) is 0. The van der Waals surface area contributed by atoms with Crippen LogP contribution in [0, 0.1) is 12.8 Å². The number of hydrogen-bond donors (Lipinski definition) is 1. The van der Waals surface area contributed by atoms with Gasteiger partial charge in [-0.2, -0.15) is 5.10 Å².